The lowest BCUT2D eigenvalue weighted by atomic mass is 10.0. The van der Waals surface area contributed by atoms with Crippen molar-refractivity contribution in [3.05, 3.63) is 29.8 Å². The van der Waals surface area contributed by atoms with E-state index in [9.17, 15) is 9.59 Å². The molecule has 2 rings (SSSR count). The molecule has 0 saturated heterocycles. The number of hydrogen-bond acceptors (Lipinski definition) is 3. The van der Waals surface area contributed by atoms with Crippen molar-refractivity contribution in [2.75, 3.05) is 18.1 Å². The van der Waals surface area contributed by atoms with E-state index in [2.05, 4.69) is 6.07 Å². The average Bonchev–Trinajstić information content (AvgIpc) is 2.35. The number of hydrogen-bond donors (Lipinski definition) is 0. The van der Waals surface area contributed by atoms with Crippen LogP contribution in [0, 0.1) is 6.07 Å². The van der Waals surface area contributed by atoms with Crippen molar-refractivity contribution < 1.29 is 14.3 Å². The first-order valence-corrected chi connectivity index (χ1v) is 5.61. The van der Waals surface area contributed by atoms with Gasteiger partial charge >= 0.3 is 5.97 Å². The maximum atomic E-state index is 11.9. The van der Waals surface area contributed by atoms with E-state index in [1.807, 2.05) is 12.1 Å². The number of nitrogens with zero attached hydrogens (tertiary/aromatic N) is 1. The summed E-state index contributed by atoms with van der Waals surface area (Å²) in [6.07, 6.45) is 1.91. The van der Waals surface area contributed by atoms with Crippen molar-refractivity contribution in [3.63, 3.8) is 0 Å². The Morgan fingerprint density at radius 2 is 2.35 bits per heavy atom. The van der Waals surface area contributed by atoms with Gasteiger partial charge in [0.1, 0.15) is 0 Å². The van der Waals surface area contributed by atoms with E-state index in [-0.39, 0.29) is 12.5 Å². The molecule has 89 valence electrons. The molecule has 1 aliphatic heterocycles. The van der Waals surface area contributed by atoms with Crippen LogP contribution in [0.2, 0.25) is 0 Å². The highest BCUT2D eigenvalue weighted by Crippen LogP contribution is 2.26. The van der Waals surface area contributed by atoms with E-state index in [1.165, 1.54) is 6.92 Å². The lowest BCUT2D eigenvalue weighted by molar-refractivity contribution is -0.145. The van der Waals surface area contributed by atoms with Crippen LogP contribution in [0.25, 0.3) is 0 Å². The summed E-state index contributed by atoms with van der Waals surface area (Å²) < 4.78 is 4.73. The van der Waals surface area contributed by atoms with Gasteiger partial charge in [0, 0.05) is 19.2 Å². The lowest BCUT2D eigenvalue weighted by Gasteiger charge is -2.29. The van der Waals surface area contributed by atoms with E-state index >= 15 is 0 Å². The molecular formula is C13H14NO3. The molecule has 0 N–H and O–H groups in total. The third kappa shape index (κ3) is 2.64. The van der Waals surface area contributed by atoms with Crippen molar-refractivity contribution in [2.24, 2.45) is 0 Å². The number of fused-ring (bicyclic) bond motifs is 1. The summed E-state index contributed by atoms with van der Waals surface area (Å²) in [6.45, 7) is 1.78. The maximum absolute atomic E-state index is 11.9. The van der Waals surface area contributed by atoms with Crippen molar-refractivity contribution in [2.45, 2.75) is 19.8 Å². The molecule has 1 radical (unpaired) electrons. The quantitative estimate of drug-likeness (QED) is 0.723. The first-order valence-electron chi connectivity index (χ1n) is 5.61. The lowest BCUT2D eigenvalue weighted by Crippen LogP contribution is -2.38. The van der Waals surface area contributed by atoms with Crippen molar-refractivity contribution >= 4 is 17.6 Å². The number of aryl methyl sites for hydroxylation is 1. The van der Waals surface area contributed by atoms with E-state index in [0.717, 1.165) is 24.1 Å². The molecule has 0 spiro atoms. The molecule has 1 aliphatic rings. The molecule has 4 nitrogen and oxygen atoms in total. The van der Waals surface area contributed by atoms with Gasteiger partial charge in [0.2, 0.25) is 0 Å². The molecule has 1 amide bonds. The van der Waals surface area contributed by atoms with Gasteiger partial charge in [-0.05, 0) is 30.5 Å². The minimum absolute atomic E-state index is 0.180. The summed E-state index contributed by atoms with van der Waals surface area (Å²) >= 11 is 0. The van der Waals surface area contributed by atoms with E-state index in [0.29, 0.717) is 6.54 Å². The fraction of sp³-hybridized carbons (Fsp3) is 0.385. The van der Waals surface area contributed by atoms with Crippen LogP contribution in [0.15, 0.2) is 18.2 Å². The molecule has 0 aromatic heterocycles. The topological polar surface area (TPSA) is 46.6 Å². The molecule has 0 saturated carbocycles. The summed E-state index contributed by atoms with van der Waals surface area (Å²) in [4.78, 5) is 24.2. The molecule has 1 aromatic rings. The fourth-order valence-electron chi connectivity index (χ4n) is 1.96. The zero-order valence-electron chi connectivity index (χ0n) is 9.73. The summed E-state index contributed by atoms with van der Waals surface area (Å²) in [5.74, 6) is -0.615. The smallest absolute Gasteiger partial charge is 0.303 e. The Bertz CT molecular complexity index is 442. The molecule has 17 heavy (non-hydrogen) atoms. The monoisotopic (exact) mass is 232 g/mol. The Hall–Kier alpha value is -1.84. The van der Waals surface area contributed by atoms with E-state index < -0.39 is 5.97 Å². The Kier molecular flexibility index (Phi) is 3.42. The standard InChI is InChI=1S/C13H14NO3/c1-10(15)17-9-13(16)14-8-4-6-11-5-2-3-7-12(11)14/h2,5,7H,4,6,8-9H2,1H3. The van der Waals surface area contributed by atoms with Crippen LogP contribution >= 0.6 is 0 Å². The number of esters is 1. The SMILES string of the molecule is CC(=O)OCC(=O)N1CCCc2cc[c]cc21. The largest absolute Gasteiger partial charge is 0.456 e. The normalized spacial score (nSPS) is 14.1. The maximum Gasteiger partial charge on any atom is 0.303 e. The van der Waals surface area contributed by atoms with Crippen molar-refractivity contribution in [1.29, 1.82) is 0 Å². The number of ether oxygens (including phenoxy) is 1. The number of amides is 1. The van der Waals surface area contributed by atoms with Gasteiger partial charge in [-0.1, -0.05) is 12.1 Å². The van der Waals surface area contributed by atoms with Gasteiger partial charge < -0.3 is 9.64 Å². The van der Waals surface area contributed by atoms with Crippen LogP contribution in [-0.2, 0) is 20.7 Å². The van der Waals surface area contributed by atoms with E-state index in [1.54, 1.807) is 11.0 Å². The predicted molar refractivity (Wildman–Crippen MR) is 62.6 cm³/mol. The second-order valence-corrected chi connectivity index (χ2v) is 3.98. The fourth-order valence-corrected chi connectivity index (χ4v) is 1.96. The summed E-state index contributed by atoms with van der Waals surface area (Å²) in [7, 11) is 0. The molecule has 4 heteroatoms. The second kappa shape index (κ2) is 4.99. The summed E-state index contributed by atoms with van der Waals surface area (Å²) in [5, 5.41) is 0. The molecule has 1 aromatic carbocycles. The first kappa shape index (κ1) is 11.6. The molecule has 1 heterocycles. The van der Waals surface area contributed by atoms with Gasteiger partial charge in [-0.15, -0.1) is 0 Å². The Morgan fingerprint density at radius 3 is 3.12 bits per heavy atom. The molecular weight excluding hydrogens is 218 g/mol. The van der Waals surface area contributed by atoms with Crippen LogP contribution in [0.3, 0.4) is 0 Å². The molecule has 0 atom stereocenters. The highest BCUT2D eigenvalue weighted by atomic mass is 16.5. The number of rotatable bonds is 2. The summed E-state index contributed by atoms with van der Waals surface area (Å²) in [6, 6.07) is 8.59. The molecule has 0 bridgehead atoms. The van der Waals surface area contributed by atoms with Crippen molar-refractivity contribution in [3.8, 4) is 0 Å². The minimum atomic E-state index is -0.435. The van der Waals surface area contributed by atoms with Gasteiger partial charge in [-0.2, -0.15) is 0 Å². The third-order valence-electron chi connectivity index (χ3n) is 2.75. The van der Waals surface area contributed by atoms with Gasteiger partial charge in [0.25, 0.3) is 5.91 Å². The Morgan fingerprint density at radius 1 is 1.53 bits per heavy atom. The Labute approximate surface area is 100 Å². The third-order valence-corrected chi connectivity index (χ3v) is 2.75. The van der Waals surface area contributed by atoms with Crippen LogP contribution in [0.4, 0.5) is 5.69 Å². The predicted octanol–water partition coefficient (Wildman–Crippen LogP) is 1.33. The molecule has 0 fully saturated rings. The van der Waals surface area contributed by atoms with Crippen LogP contribution in [0.1, 0.15) is 18.9 Å². The minimum Gasteiger partial charge on any atom is -0.456 e. The van der Waals surface area contributed by atoms with E-state index in [4.69, 9.17) is 4.74 Å². The molecule has 0 unspecified atom stereocenters. The van der Waals surface area contributed by atoms with Crippen LogP contribution in [0.5, 0.6) is 0 Å². The van der Waals surface area contributed by atoms with Gasteiger partial charge in [0.15, 0.2) is 6.61 Å². The van der Waals surface area contributed by atoms with Gasteiger partial charge in [0.05, 0.1) is 0 Å². The second-order valence-electron chi connectivity index (χ2n) is 3.98. The van der Waals surface area contributed by atoms with Crippen LogP contribution < -0.4 is 4.90 Å². The number of benzene rings is 1. The summed E-state index contributed by atoms with van der Waals surface area (Å²) in [5.41, 5.74) is 2.03. The zero-order valence-corrected chi connectivity index (χ0v) is 9.73. The van der Waals surface area contributed by atoms with Crippen molar-refractivity contribution in [1.82, 2.24) is 0 Å². The first-order chi connectivity index (χ1) is 8.18. The van der Waals surface area contributed by atoms with Gasteiger partial charge in [-0.25, -0.2) is 0 Å². The highest BCUT2D eigenvalue weighted by Gasteiger charge is 2.22. The van der Waals surface area contributed by atoms with Gasteiger partial charge in [-0.3, -0.25) is 9.59 Å². The number of carbonyl (C=O) groups is 2. The van der Waals surface area contributed by atoms with Crippen LogP contribution in [-0.4, -0.2) is 25.0 Å². The zero-order chi connectivity index (χ0) is 12.3. The highest BCUT2D eigenvalue weighted by molar-refractivity contribution is 5.96. The number of anilines is 1. The number of carbonyl (C=O) groups excluding carboxylic acids is 2. The Balaban J connectivity index is 2.12. The molecule has 0 aliphatic carbocycles. The average molecular weight is 232 g/mol.